The van der Waals surface area contributed by atoms with Gasteiger partial charge in [-0.05, 0) is 42.2 Å². The van der Waals surface area contributed by atoms with Crippen molar-refractivity contribution in [1.29, 1.82) is 0 Å². The standard InChI is InChI=1S/C27H35N3O7S/c1-4-7-34-8-9-35-10-11-36-12-13-37-18-23-14-22-15-24(33-3)6-5-21(22)17-30(23)25(31)19-38-26-20(2)16-28-27(32)29-26/h1,5-6,15-16,23H,7-14,17-19H2,2-3H3,(H,28,29,32)/t23-/m0/s1. The third kappa shape index (κ3) is 9.45. The number of terminal acetylenes is 1. The number of hydrogen-bond acceptors (Lipinski definition) is 9. The second-order valence-electron chi connectivity index (χ2n) is 8.55. The second kappa shape index (κ2) is 16.2. The number of methoxy groups -OCH3 is 1. The van der Waals surface area contributed by atoms with Crippen molar-refractivity contribution in [2.45, 2.75) is 31.0 Å². The molecular formula is C27H35N3O7S. The van der Waals surface area contributed by atoms with Crippen LogP contribution in [0.15, 0.2) is 34.2 Å². The summed E-state index contributed by atoms with van der Waals surface area (Å²) in [6.07, 6.45) is 7.37. The first-order chi connectivity index (χ1) is 18.5. The van der Waals surface area contributed by atoms with E-state index in [2.05, 4.69) is 15.9 Å². The van der Waals surface area contributed by atoms with Crippen LogP contribution < -0.4 is 10.4 Å². The fourth-order valence-corrected chi connectivity index (χ4v) is 4.76. The van der Waals surface area contributed by atoms with Gasteiger partial charge in [-0.25, -0.2) is 4.79 Å². The molecule has 11 heteroatoms. The average molecular weight is 546 g/mol. The number of aromatic amines is 1. The van der Waals surface area contributed by atoms with E-state index < -0.39 is 5.69 Å². The molecule has 0 aliphatic carbocycles. The highest BCUT2D eigenvalue weighted by Crippen LogP contribution is 2.28. The lowest BCUT2D eigenvalue weighted by Crippen LogP contribution is -2.47. The minimum atomic E-state index is -0.430. The van der Waals surface area contributed by atoms with Crippen molar-refractivity contribution < 1.29 is 28.5 Å². The normalized spacial score (nSPS) is 14.7. The van der Waals surface area contributed by atoms with Crippen molar-refractivity contribution in [3.8, 4) is 18.1 Å². The number of carbonyl (C=O) groups is 1. The maximum absolute atomic E-state index is 13.3. The number of nitrogens with zero attached hydrogens (tertiary/aromatic N) is 2. The summed E-state index contributed by atoms with van der Waals surface area (Å²) in [6.45, 7) is 5.64. The van der Waals surface area contributed by atoms with E-state index in [0.29, 0.717) is 64.2 Å². The van der Waals surface area contributed by atoms with Gasteiger partial charge in [-0.15, -0.1) is 6.42 Å². The molecule has 0 bridgehead atoms. The van der Waals surface area contributed by atoms with Crippen LogP contribution in [0.3, 0.4) is 0 Å². The molecule has 0 saturated carbocycles. The zero-order chi connectivity index (χ0) is 27.2. The molecule has 2 aromatic rings. The van der Waals surface area contributed by atoms with Crippen molar-refractivity contribution in [1.82, 2.24) is 14.9 Å². The number of hydrogen-bond donors (Lipinski definition) is 1. The molecule has 0 saturated heterocycles. The SMILES string of the molecule is C#CCOCCOCCOCCOC[C@@H]1Cc2cc(OC)ccc2CN1C(=O)CSc1nc(=O)[nH]cc1C. The van der Waals surface area contributed by atoms with E-state index in [9.17, 15) is 9.59 Å². The largest absolute Gasteiger partial charge is 0.497 e. The lowest BCUT2D eigenvalue weighted by molar-refractivity contribution is -0.133. The van der Waals surface area contributed by atoms with Gasteiger partial charge in [0.2, 0.25) is 5.91 Å². The lowest BCUT2D eigenvalue weighted by Gasteiger charge is -2.37. The van der Waals surface area contributed by atoms with Crippen molar-refractivity contribution >= 4 is 17.7 Å². The zero-order valence-electron chi connectivity index (χ0n) is 21.9. The molecule has 1 aliphatic rings. The molecule has 1 aromatic carbocycles. The van der Waals surface area contributed by atoms with Crippen LogP contribution in [0.1, 0.15) is 16.7 Å². The number of aromatic nitrogens is 2. The Morgan fingerprint density at radius 1 is 1.13 bits per heavy atom. The van der Waals surface area contributed by atoms with Gasteiger partial charge in [0.25, 0.3) is 0 Å². The number of carbonyl (C=O) groups excluding carboxylic acids is 1. The Bertz CT molecular complexity index is 1130. The Labute approximate surface area is 227 Å². The maximum atomic E-state index is 13.3. The molecule has 38 heavy (non-hydrogen) atoms. The number of rotatable bonds is 16. The molecule has 1 atom stereocenters. The van der Waals surface area contributed by atoms with E-state index in [4.69, 9.17) is 30.1 Å². The molecule has 206 valence electrons. The van der Waals surface area contributed by atoms with Gasteiger partial charge in [-0.3, -0.25) is 4.79 Å². The lowest BCUT2D eigenvalue weighted by atomic mass is 9.94. The highest BCUT2D eigenvalue weighted by atomic mass is 32.2. The van der Waals surface area contributed by atoms with Gasteiger partial charge in [0.15, 0.2) is 0 Å². The van der Waals surface area contributed by atoms with Crippen molar-refractivity contribution in [2.75, 3.05) is 65.7 Å². The number of nitrogens with one attached hydrogen (secondary N) is 1. The van der Waals surface area contributed by atoms with Crippen LogP contribution in [0.5, 0.6) is 5.75 Å². The smallest absolute Gasteiger partial charge is 0.345 e. The fourth-order valence-electron chi connectivity index (χ4n) is 3.90. The number of benzene rings is 1. The third-order valence-corrected chi connectivity index (χ3v) is 6.95. The van der Waals surface area contributed by atoms with E-state index in [1.165, 1.54) is 11.8 Å². The molecule has 1 aliphatic heterocycles. The van der Waals surface area contributed by atoms with Gasteiger partial charge < -0.3 is 33.6 Å². The predicted molar refractivity (Wildman–Crippen MR) is 143 cm³/mol. The summed E-state index contributed by atoms with van der Waals surface area (Å²) >= 11 is 1.27. The molecule has 0 spiro atoms. The van der Waals surface area contributed by atoms with E-state index in [1.54, 1.807) is 13.3 Å². The minimum Gasteiger partial charge on any atom is -0.497 e. The zero-order valence-corrected chi connectivity index (χ0v) is 22.7. The first-order valence-corrected chi connectivity index (χ1v) is 13.4. The second-order valence-corrected chi connectivity index (χ2v) is 9.52. The van der Waals surface area contributed by atoms with Gasteiger partial charge in [0.1, 0.15) is 17.4 Å². The van der Waals surface area contributed by atoms with Crippen LogP contribution in [-0.4, -0.2) is 92.5 Å². The summed E-state index contributed by atoms with van der Waals surface area (Å²) in [7, 11) is 1.64. The number of thioether (sulfide) groups is 1. The van der Waals surface area contributed by atoms with Crippen LogP contribution in [0.4, 0.5) is 0 Å². The molecule has 3 rings (SSSR count). The molecule has 2 heterocycles. The molecule has 0 unspecified atom stereocenters. The van der Waals surface area contributed by atoms with Crippen LogP contribution in [0, 0.1) is 19.3 Å². The van der Waals surface area contributed by atoms with Gasteiger partial charge in [-0.2, -0.15) is 4.98 Å². The molecule has 1 aromatic heterocycles. The molecule has 1 amide bonds. The topological polar surface area (TPSA) is 112 Å². The summed E-state index contributed by atoms with van der Waals surface area (Å²) < 4.78 is 27.4. The van der Waals surface area contributed by atoms with Crippen molar-refractivity contribution in [2.24, 2.45) is 0 Å². The average Bonchev–Trinajstić information content (AvgIpc) is 2.93. The molecule has 0 fully saturated rings. The van der Waals surface area contributed by atoms with Gasteiger partial charge >= 0.3 is 5.69 Å². The molecule has 1 N–H and O–H groups in total. The Morgan fingerprint density at radius 2 is 1.84 bits per heavy atom. The van der Waals surface area contributed by atoms with Gasteiger partial charge in [0, 0.05) is 12.7 Å². The molecular weight excluding hydrogens is 510 g/mol. The fraction of sp³-hybridized carbons (Fsp3) is 0.519. The molecule has 10 nitrogen and oxygen atoms in total. The van der Waals surface area contributed by atoms with Crippen LogP contribution >= 0.6 is 11.8 Å². The first kappa shape index (κ1) is 29.7. The number of fused-ring (bicyclic) bond motifs is 1. The Balaban J connectivity index is 1.49. The highest BCUT2D eigenvalue weighted by molar-refractivity contribution is 7.99. The summed E-state index contributed by atoms with van der Waals surface area (Å²) in [4.78, 5) is 33.3. The first-order valence-electron chi connectivity index (χ1n) is 12.4. The van der Waals surface area contributed by atoms with Gasteiger partial charge in [-0.1, -0.05) is 23.7 Å². The van der Waals surface area contributed by atoms with Crippen LogP contribution in [-0.2, 0) is 36.7 Å². The number of amides is 1. The van der Waals surface area contributed by atoms with E-state index in [0.717, 1.165) is 22.4 Å². The summed E-state index contributed by atoms with van der Waals surface area (Å²) in [5.74, 6) is 3.32. The Kier molecular flexibility index (Phi) is 12.6. The van der Waals surface area contributed by atoms with Gasteiger partial charge in [0.05, 0.1) is 65.2 Å². The number of ether oxygens (including phenoxy) is 5. The van der Waals surface area contributed by atoms with E-state index >= 15 is 0 Å². The summed E-state index contributed by atoms with van der Waals surface area (Å²) in [6, 6.07) is 5.78. The highest BCUT2D eigenvalue weighted by Gasteiger charge is 2.30. The predicted octanol–water partition coefficient (Wildman–Crippen LogP) is 1.83. The minimum absolute atomic E-state index is 0.0360. The van der Waals surface area contributed by atoms with Crippen LogP contribution in [0.2, 0.25) is 0 Å². The van der Waals surface area contributed by atoms with E-state index in [-0.39, 0.29) is 24.3 Å². The number of H-pyrrole nitrogens is 1. The molecule has 0 radical (unpaired) electrons. The van der Waals surface area contributed by atoms with E-state index in [1.807, 2.05) is 30.0 Å². The van der Waals surface area contributed by atoms with Crippen LogP contribution in [0.25, 0.3) is 0 Å². The Hall–Kier alpha value is -2.88. The number of aryl methyl sites for hydroxylation is 1. The van der Waals surface area contributed by atoms with Crippen molar-refractivity contribution in [3.05, 3.63) is 51.6 Å². The summed E-state index contributed by atoms with van der Waals surface area (Å²) in [5, 5.41) is 0.554. The maximum Gasteiger partial charge on any atom is 0.345 e. The van der Waals surface area contributed by atoms with Crippen molar-refractivity contribution in [3.63, 3.8) is 0 Å². The Morgan fingerprint density at radius 3 is 2.55 bits per heavy atom. The third-order valence-electron chi connectivity index (χ3n) is 5.87. The monoisotopic (exact) mass is 545 g/mol. The summed E-state index contributed by atoms with van der Waals surface area (Å²) in [5.41, 5.74) is 2.61. The quantitative estimate of drug-likeness (QED) is 0.146.